The summed E-state index contributed by atoms with van der Waals surface area (Å²) in [5, 5.41) is 9.05. The van der Waals surface area contributed by atoms with E-state index in [1.165, 1.54) is 0 Å². The molecule has 0 N–H and O–H groups in total. The highest BCUT2D eigenvalue weighted by atomic mass is 16.6. The summed E-state index contributed by atoms with van der Waals surface area (Å²) in [5.41, 5.74) is 1.94. The molecule has 1 aliphatic rings. The van der Waals surface area contributed by atoms with Crippen molar-refractivity contribution in [1.82, 2.24) is 20.2 Å². The Morgan fingerprint density at radius 3 is 2.64 bits per heavy atom. The summed E-state index contributed by atoms with van der Waals surface area (Å²) < 4.78 is 16.2. The predicted octanol–water partition coefficient (Wildman–Crippen LogP) is 4.30. The van der Waals surface area contributed by atoms with Gasteiger partial charge in [-0.15, -0.1) is 0 Å². The van der Waals surface area contributed by atoms with Crippen LogP contribution in [-0.2, 0) is 4.74 Å². The lowest BCUT2D eigenvalue weighted by molar-refractivity contribution is 0.0198. The van der Waals surface area contributed by atoms with Crippen LogP contribution in [0, 0.1) is 6.92 Å². The molecule has 4 rings (SSSR count). The van der Waals surface area contributed by atoms with Crippen molar-refractivity contribution in [3.63, 3.8) is 0 Å². The molecule has 2 aromatic heterocycles. The van der Waals surface area contributed by atoms with Crippen LogP contribution >= 0.6 is 0 Å². The molecule has 0 atom stereocenters. The molecule has 8 heteroatoms. The summed E-state index contributed by atoms with van der Waals surface area (Å²) in [5.74, 6) is 1.30. The summed E-state index contributed by atoms with van der Waals surface area (Å²) in [6, 6.07) is 5.72. The number of hydrogen-bond acceptors (Lipinski definition) is 7. The lowest BCUT2D eigenvalue weighted by Gasteiger charge is -2.32. The number of hydrogen-bond donors (Lipinski definition) is 0. The van der Waals surface area contributed by atoms with Crippen LogP contribution in [-0.4, -0.2) is 45.0 Å². The molecule has 3 heterocycles. The fourth-order valence-electron chi connectivity index (χ4n) is 3.35. The molecule has 0 spiro atoms. The Bertz CT molecular complexity index is 993. The number of aromatic nitrogens is 3. The summed E-state index contributed by atoms with van der Waals surface area (Å²) in [7, 11) is 0. The maximum Gasteiger partial charge on any atom is 0.410 e. The van der Waals surface area contributed by atoms with Crippen molar-refractivity contribution in [2.24, 2.45) is 0 Å². The maximum absolute atomic E-state index is 12.2. The number of likely N-dealkylation sites (tertiary alicyclic amines) is 1. The SMILES string of the molecule is Cc1noc2ccc(-c3noc(C4CCN(C(=O)OC(C)(C)C)CC4)n3)cc12. The molecule has 1 aromatic carbocycles. The second-order valence-corrected chi connectivity index (χ2v) is 8.18. The normalized spacial score (nSPS) is 15.9. The molecule has 28 heavy (non-hydrogen) atoms. The van der Waals surface area contributed by atoms with Crippen molar-refractivity contribution in [1.29, 1.82) is 0 Å². The topological polar surface area (TPSA) is 94.5 Å². The van der Waals surface area contributed by atoms with Crippen LogP contribution in [0.5, 0.6) is 0 Å². The van der Waals surface area contributed by atoms with Crippen LogP contribution in [0.2, 0.25) is 0 Å². The number of amides is 1. The predicted molar refractivity (Wildman–Crippen MR) is 102 cm³/mol. The van der Waals surface area contributed by atoms with E-state index >= 15 is 0 Å². The van der Waals surface area contributed by atoms with Gasteiger partial charge in [0.1, 0.15) is 5.60 Å². The summed E-state index contributed by atoms with van der Waals surface area (Å²) in [6.45, 7) is 8.74. The molecule has 8 nitrogen and oxygen atoms in total. The van der Waals surface area contributed by atoms with Crippen molar-refractivity contribution in [2.75, 3.05) is 13.1 Å². The first-order valence-electron chi connectivity index (χ1n) is 9.48. The van der Waals surface area contributed by atoms with Crippen LogP contribution < -0.4 is 0 Å². The quantitative estimate of drug-likeness (QED) is 0.650. The van der Waals surface area contributed by atoms with Gasteiger partial charge >= 0.3 is 6.09 Å². The van der Waals surface area contributed by atoms with Crippen LogP contribution in [0.4, 0.5) is 4.79 Å². The minimum Gasteiger partial charge on any atom is -0.444 e. The number of carbonyl (C=O) groups excluding carboxylic acids is 1. The van der Waals surface area contributed by atoms with Gasteiger partial charge in [-0.1, -0.05) is 10.3 Å². The molecule has 3 aromatic rings. The van der Waals surface area contributed by atoms with Gasteiger partial charge in [-0.25, -0.2) is 4.79 Å². The zero-order valence-corrected chi connectivity index (χ0v) is 16.6. The molecule has 0 aliphatic carbocycles. The second-order valence-electron chi connectivity index (χ2n) is 8.18. The number of piperidine rings is 1. The standard InChI is InChI=1S/C20H24N4O4/c1-12-15-11-14(5-6-16(15)27-22-12)17-21-18(28-23-17)13-7-9-24(10-8-13)19(25)26-20(2,3)4/h5-6,11,13H,7-10H2,1-4H3. The van der Waals surface area contributed by atoms with E-state index in [0.717, 1.165) is 35.1 Å². The number of aryl methyl sites for hydroxylation is 1. The van der Waals surface area contributed by atoms with E-state index in [4.69, 9.17) is 13.8 Å². The van der Waals surface area contributed by atoms with Gasteiger partial charge in [0.05, 0.1) is 5.69 Å². The molecule has 1 fully saturated rings. The Labute approximate surface area is 162 Å². The number of nitrogens with zero attached hydrogens (tertiary/aromatic N) is 4. The Kier molecular flexibility index (Phi) is 4.56. The maximum atomic E-state index is 12.2. The first-order chi connectivity index (χ1) is 13.3. The van der Waals surface area contributed by atoms with Crippen LogP contribution in [0.1, 0.15) is 51.1 Å². The fraction of sp³-hybridized carbons (Fsp3) is 0.500. The minimum absolute atomic E-state index is 0.140. The average molecular weight is 384 g/mol. The highest BCUT2D eigenvalue weighted by Crippen LogP contribution is 2.30. The van der Waals surface area contributed by atoms with E-state index in [-0.39, 0.29) is 12.0 Å². The van der Waals surface area contributed by atoms with E-state index in [1.807, 2.05) is 45.9 Å². The molecule has 1 amide bonds. The number of carbonyl (C=O) groups is 1. The van der Waals surface area contributed by atoms with Gasteiger partial charge in [0.15, 0.2) is 5.58 Å². The number of ether oxygens (including phenoxy) is 1. The van der Waals surface area contributed by atoms with E-state index in [9.17, 15) is 4.79 Å². The lowest BCUT2D eigenvalue weighted by atomic mass is 9.97. The Balaban J connectivity index is 1.43. The van der Waals surface area contributed by atoms with Crippen molar-refractivity contribution in [2.45, 2.75) is 52.1 Å². The minimum atomic E-state index is -0.487. The van der Waals surface area contributed by atoms with Gasteiger partial charge in [-0.2, -0.15) is 4.98 Å². The van der Waals surface area contributed by atoms with Gasteiger partial charge in [0.2, 0.25) is 11.7 Å². The van der Waals surface area contributed by atoms with Crippen molar-refractivity contribution in [3.8, 4) is 11.4 Å². The monoisotopic (exact) mass is 384 g/mol. The summed E-state index contributed by atoms with van der Waals surface area (Å²) >= 11 is 0. The van der Waals surface area contributed by atoms with Crippen LogP contribution in [0.25, 0.3) is 22.4 Å². The molecule has 1 aliphatic heterocycles. The zero-order chi connectivity index (χ0) is 19.9. The number of rotatable bonds is 2. The highest BCUT2D eigenvalue weighted by molar-refractivity contribution is 5.83. The Hall–Kier alpha value is -2.90. The fourth-order valence-corrected chi connectivity index (χ4v) is 3.35. The Morgan fingerprint density at radius 1 is 1.18 bits per heavy atom. The van der Waals surface area contributed by atoms with Crippen LogP contribution in [0.3, 0.4) is 0 Å². The first kappa shape index (κ1) is 18.5. The molecule has 148 valence electrons. The zero-order valence-electron chi connectivity index (χ0n) is 16.6. The third-order valence-electron chi connectivity index (χ3n) is 4.85. The summed E-state index contributed by atoms with van der Waals surface area (Å²) in [4.78, 5) is 18.5. The molecular weight excluding hydrogens is 360 g/mol. The first-order valence-corrected chi connectivity index (χ1v) is 9.48. The smallest absolute Gasteiger partial charge is 0.410 e. The van der Waals surface area contributed by atoms with Gasteiger partial charge in [0, 0.05) is 30.0 Å². The van der Waals surface area contributed by atoms with Gasteiger partial charge in [0.25, 0.3) is 0 Å². The largest absolute Gasteiger partial charge is 0.444 e. The highest BCUT2D eigenvalue weighted by Gasteiger charge is 2.30. The van der Waals surface area contributed by atoms with Crippen molar-refractivity contribution in [3.05, 3.63) is 29.8 Å². The van der Waals surface area contributed by atoms with Gasteiger partial charge in [-0.05, 0) is 58.7 Å². The van der Waals surface area contributed by atoms with Crippen molar-refractivity contribution >= 4 is 17.1 Å². The average Bonchev–Trinajstić information content (AvgIpc) is 3.28. The molecular formula is C20H24N4O4. The molecule has 0 bridgehead atoms. The van der Waals surface area contributed by atoms with Gasteiger partial charge < -0.3 is 18.7 Å². The Morgan fingerprint density at radius 2 is 1.93 bits per heavy atom. The molecule has 0 unspecified atom stereocenters. The van der Waals surface area contributed by atoms with Crippen molar-refractivity contribution < 1.29 is 18.6 Å². The second kappa shape index (κ2) is 6.92. The van der Waals surface area contributed by atoms with E-state index in [1.54, 1.807) is 4.90 Å². The summed E-state index contributed by atoms with van der Waals surface area (Å²) in [6.07, 6.45) is 1.27. The molecule has 0 saturated carbocycles. The third kappa shape index (κ3) is 3.72. The van der Waals surface area contributed by atoms with Gasteiger partial charge in [-0.3, -0.25) is 0 Å². The van der Waals surface area contributed by atoms with E-state index < -0.39 is 5.60 Å². The molecule has 1 saturated heterocycles. The van der Waals surface area contributed by atoms with E-state index in [0.29, 0.717) is 24.8 Å². The molecule has 0 radical (unpaired) electrons. The number of fused-ring (bicyclic) bond motifs is 1. The number of benzene rings is 1. The van der Waals surface area contributed by atoms with E-state index in [2.05, 4.69) is 15.3 Å². The lowest BCUT2D eigenvalue weighted by Crippen LogP contribution is -2.41. The van der Waals surface area contributed by atoms with Crippen LogP contribution in [0.15, 0.2) is 27.2 Å². The third-order valence-corrected chi connectivity index (χ3v) is 4.85.